The lowest BCUT2D eigenvalue weighted by molar-refractivity contribution is -0.147. The molecule has 1 aliphatic carbocycles. The minimum Gasteiger partial charge on any atom is -0.396 e. The zero-order valence-electron chi connectivity index (χ0n) is 7.96. The van der Waals surface area contributed by atoms with E-state index in [9.17, 15) is 13.6 Å². The number of carbonyl (C=O) groups is 1. The summed E-state index contributed by atoms with van der Waals surface area (Å²) in [5.74, 6) is -1.09. The Balaban J connectivity index is 2.46. The molecule has 0 aromatic rings. The fourth-order valence-corrected chi connectivity index (χ4v) is 1.54. The van der Waals surface area contributed by atoms with E-state index >= 15 is 0 Å². The zero-order chi connectivity index (χ0) is 10.6. The van der Waals surface area contributed by atoms with Gasteiger partial charge in [0.15, 0.2) is 0 Å². The van der Waals surface area contributed by atoms with E-state index in [1.807, 2.05) is 0 Å². The SMILES string of the molecule is O=C(C(F)F)N(CCCO)C1CCC1. The first-order valence-electron chi connectivity index (χ1n) is 4.86. The third-order valence-corrected chi connectivity index (χ3v) is 2.54. The first-order chi connectivity index (χ1) is 6.66. The quantitative estimate of drug-likeness (QED) is 0.731. The number of nitrogens with zero attached hydrogens (tertiary/aromatic N) is 1. The van der Waals surface area contributed by atoms with Crippen LogP contribution >= 0.6 is 0 Å². The summed E-state index contributed by atoms with van der Waals surface area (Å²) in [7, 11) is 0. The predicted molar refractivity (Wildman–Crippen MR) is 47.1 cm³/mol. The summed E-state index contributed by atoms with van der Waals surface area (Å²) >= 11 is 0. The van der Waals surface area contributed by atoms with Crippen LogP contribution in [0.25, 0.3) is 0 Å². The van der Waals surface area contributed by atoms with Gasteiger partial charge in [-0.3, -0.25) is 4.79 Å². The largest absolute Gasteiger partial charge is 0.396 e. The maximum Gasteiger partial charge on any atom is 0.315 e. The highest BCUT2D eigenvalue weighted by Crippen LogP contribution is 2.25. The molecule has 0 spiro atoms. The van der Waals surface area contributed by atoms with Crippen LogP contribution in [-0.2, 0) is 4.79 Å². The topological polar surface area (TPSA) is 40.5 Å². The summed E-state index contributed by atoms with van der Waals surface area (Å²) < 4.78 is 24.3. The Hall–Kier alpha value is -0.710. The monoisotopic (exact) mass is 207 g/mol. The van der Waals surface area contributed by atoms with Gasteiger partial charge >= 0.3 is 6.43 Å². The molecule has 1 saturated carbocycles. The molecule has 1 amide bonds. The van der Waals surface area contributed by atoms with E-state index < -0.39 is 12.3 Å². The van der Waals surface area contributed by atoms with Crippen LogP contribution in [0.4, 0.5) is 8.78 Å². The van der Waals surface area contributed by atoms with Crippen molar-refractivity contribution in [3.63, 3.8) is 0 Å². The van der Waals surface area contributed by atoms with Gasteiger partial charge in [-0.05, 0) is 25.7 Å². The third-order valence-electron chi connectivity index (χ3n) is 2.54. The van der Waals surface area contributed by atoms with Crippen molar-refractivity contribution in [1.29, 1.82) is 0 Å². The number of hydrogen-bond donors (Lipinski definition) is 1. The summed E-state index contributed by atoms with van der Waals surface area (Å²) in [6.45, 7) is 0.171. The summed E-state index contributed by atoms with van der Waals surface area (Å²) in [6, 6.07) is -0.0250. The number of carbonyl (C=O) groups excluding carboxylic acids is 1. The van der Waals surface area contributed by atoms with Crippen LogP contribution in [-0.4, -0.2) is 41.5 Å². The van der Waals surface area contributed by atoms with E-state index in [2.05, 4.69) is 0 Å². The van der Waals surface area contributed by atoms with Crippen LogP contribution in [0.2, 0.25) is 0 Å². The molecule has 0 aromatic carbocycles. The lowest BCUT2D eigenvalue weighted by Gasteiger charge is -2.37. The van der Waals surface area contributed by atoms with Crippen LogP contribution in [0, 0.1) is 0 Å². The summed E-state index contributed by atoms with van der Waals surface area (Å²) in [5.41, 5.74) is 0. The Labute approximate surface area is 81.7 Å². The molecule has 82 valence electrons. The number of halogens is 2. The highest BCUT2D eigenvalue weighted by Gasteiger charge is 2.32. The van der Waals surface area contributed by atoms with Gasteiger partial charge in [0.2, 0.25) is 0 Å². The van der Waals surface area contributed by atoms with E-state index in [1.54, 1.807) is 0 Å². The van der Waals surface area contributed by atoms with E-state index in [1.165, 1.54) is 4.90 Å². The molecule has 0 atom stereocenters. The van der Waals surface area contributed by atoms with Gasteiger partial charge in [0.25, 0.3) is 5.91 Å². The van der Waals surface area contributed by atoms with Crippen LogP contribution in [0.5, 0.6) is 0 Å². The smallest absolute Gasteiger partial charge is 0.315 e. The standard InChI is InChI=1S/C9H15F2NO2/c10-8(11)9(14)12(5-2-6-13)7-3-1-4-7/h7-8,13H,1-6H2. The second kappa shape index (κ2) is 5.24. The number of hydrogen-bond acceptors (Lipinski definition) is 2. The molecule has 1 N–H and O–H groups in total. The molecule has 0 radical (unpaired) electrons. The number of amides is 1. The third kappa shape index (κ3) is 2.64. The van der Waals surface area contributed by atoms with Gasteiger partial charge in [-0.2, -0.15) is 8.78 Å². The van der Waals surface area contributed by atoms with Crippen molar-refractivity contribution in [2.24, 2.45) is 0 Å². The molecule has 14 heavy (non-hydrogen) atoms. The Bertz CT molecular complexity index is 195. The lowest BCUT2D eigenvalue weighted by Crippen LogP contribution is -2.47. The molecule has 3 nitrogen and oxygen atoms in total. The van der Waals surface area contributed by atoms with E-state index in [0.29, 0.717) is 6.42 Å². The number of aliphatic hydroxyl groups excluding tert-OH is 1. The van der Waals surface area contributed by atoms with Gasteiger partial charge in [0.1, 0.15) is 0 Å². The number of alkyl halides is 2. The molecule has 0 heterocycles. The van der Waals surface area contributed by atoms with Gasteiger partial charge in [-0.25, -0.2) is 0 Å². The van der Waals surface area contributed by atoms with Gasteiger partial charge in [0, 0.05) is 19.2 Å². The van der Waals surface area contributed by atoms with Crippen molar-refractivity contribution in [2.45, 2.75) is 38.2 Å². The molecule has 1 aliphatic rings. The molecule has 0 bridgehead atoms. The zero-order valence-corrected chi connectivity index (χ0v) is 7.96. The van der Waals surface area contributed by atoms with Gasteiger partial charge in [0.05, 0.1) is 0 Å². The van der Waals surface area contributed by atoms with E-state index in [-0.39, 0.29) is 19.2 Å². The lowest BCUT2D eigenvalue weighted by atomic mass is 9.91. The molecular formula is C9H15F2NO2. The van der Waals surface area contributed by atoms with Crippen molar-refractivity contribution in [2.75, 3.05) is 13.2 Å². The van der Waals surface area contributed by atoms with E-state index in [4.69, 9.17) is 5.11 Å². The van der Waals surface area contributed by atoms with E-state index in [0.717, 1.165) is 19.3 Å². The van der Waals surface area contributed by atoms with Crippen molar-refractivity contribution in [3.05, 3.63) is 0 Å². The summed E-state index contributed by atoms with van der Waals surface area (Å²) in [4.78, 5) is 12.3. The van der Waals surface area contributed by atoms with Crippen LogP contribution in [0.1, 0.15) is 25.7 Å². The minimum absolute atomic E-state index is 0.0250. The molecule has 5 heteroatoms. The summed E-state index contributed by atoms with van der Waals surface area (Å²) in [6.07, 6.45) is 0.0637. The second-order valence-electron chi connectivity index (χ2n) is 3.49. The Kier molecular flexibility index (Phi) is 4.25. The highest BCUT2D eigenvalue weighted by molar-refractivity contribution is 5.79. The molecule has 0 unspecified atom stereocenters. The van der Waals surface area contributed by atoms with Crippen molar-refractivity contribution in [1.82, 2.24) is 4.90 Å². The minimum atomic E-state index is -2.92. The van der Waals surface area contributed by atoms with Crippen molar-refractivity contribution < 1.29 is 18.7 Å². The molecule has 0 aromatic heterocycles. The maximum absolute atomic E-state index is 12.2. The Morgan fingerprint density at radius 3 is 2.50 bits per heavy atom. The molecule has 1 fully saturated rings. The molecular weight excluding hydrogens is 192 g/mol. The molecule has 0 saturated heterocycles. The normalized spacial score (nSPS) is 16.9. The Morgan fingerprint density at radius 2 is 2.14 bits per heavy atom. The first-order valence-corrected chi connectivity index (χ1v) is 4.86. The van der Waals surface area contributed by atoms with Gasteiger partial charge < -0.3 is 10.0 Å². The van der Waals surface area contributed by atoms with Gasteiger partial charge in [-0.15, -0.1) is 0 Å². The second-order valence-corrected chi connectivity index (χ2v) is 3.49. The predicted octanol–water partition coefficient (Wildman–Crippen LogP) is 1.02. The summed E-state index contributed by atoms with van der Waals surface area (Å²) in [5, 5.41) is 8.58. The van der Waals surface area contributed by atoms with Crippen LogP contribution in [0.3, 0.4) is 0 Å². The average molecular weight is 207 g/mol. The van der Waals surface area contributed by atoms with Crippen molar-refractivity contribution in [3.8, 4) is 0 Å². The fraction of sp³-hybridized carbons (Fsp3) is 0.889. The van der Waals surface area contributed by atoms with Gasteiger partial charge in [-0.1, -0.05) is 0 Å². The number of rotatable bonds is 5. The highest BCUT2D eigenvalue weighted by atomic mass is 19.3. The first kappa shape index (κ1) is 11.4. The Morgan fingerprint density at radius 1 is 1.50 bits per heavy atom. The van der Waals surface area contributed by atoms with Crippen molar-refractivity contribution >= 4 is 5.91 Å². The van der Waals surface area contributed by atoms with Crippen LogP contribution < -0.4 is 0 Å². The van der Waals surface area contributed by atoms with Crippen LogP contribution in [0.15, 0.2) is 0 Å². The molecule has 1 rings (SSSR count). The fourth-order valence-electron chi connectivity index (χ4n) is 1.54. The maximum atomic E-state index is 12.2. The molecule has 0 aliphatic heterocycles. The average Bonchev–Trinajstić information content (AvgIpc) is 2.07. The number of aliphatic hydroxyl groups is 1.